The fourth-order valence-corrected chi connectivity index (χ4v) is 2.50. The number of aryl methyl sites for hydroxylation is 1. The Balaban J connectivity index is 2.06. The van der Waals surface area contributed by atoms with E-state index in [4.69, 9.17) is 16.9 Å². The van der Waals surface area contributed by atoms with Gasteiger partial charge in [0.25, 0.3) is 0 Å². The van der Waals surface area contributed by atoms with Crippen LogP contribution in [-0.4, -0.2) is 4.57 Å². The predicted molar refractivity (Wildman–Crippen MR) is 81.5 cm³/mol. The minimum Gasteiger partial charge on any atom is -0.342 e. The summed E-state index contributed by atoms with van der Waals surface area (Å²) in [5, 5.41) is 13.2. The van der Waals surface area contributed by atoms with Crippen molar-refractivity contribution in [1.82, 2.24) is 9.88 Å². The van der Waals surface area contributed by atoms with Crippen LogP contribution in [0.4, 0.5) is 0 Å². The Labute approximate surface area is 124 Å². The minimum absolute atomic E-state index is 0.263. The Hall–Kier alpha value is -1.76. The van der Waals surface area contributed by atoms with E-state index in [1.54, 1.807) is 0 Å². The molecular formula is C16H18ClN3. The van der Waals surface area contributed by atoms with Crippen molar-refractivity contribution in [2.75, 3.05) is 0 Å². The van der Waals surface area contributed by atoms with Crippen LogP contribution in [0.5, 0.6) is 0 Å². The van der Waals surface area contributed by atoms with E-state index in [1.165, 1.54) is 5.56 Å². The highest BCUT2D eigenvalue weighted by molar-refractivity contribution is 6.30. The summed E-state index contributed by atoms with van der Waals surface area (Å²) >= 11 is 6.04. The summed E-state index contributed by atoms with van der Waals surface area (Å²) in [6.45, 7) is 2.88. The van der Waals surface area contributed by atoms with Gasteiger partial charge in [-0.2, -0.15) is 5.26 Å². The molecule has 0 radical (unpaired) electrons. The Morgan fingerprint density at radius 2 is 2.20 bits per heavy atom. The highest BCUT2D eigenvalue weighted by Gasteiger charge is 2.10. The number of hydrogen-bond acceptors (Lipinski definition) is 2. The van der Waals surface area contributed by atoms with E-state index < -0.39 is 0 Å². The topological polar surface area (TPSA) is 40.8 Å². The van der Waals surface area contributed by atoms with Crippen LogP contribution in [-0.2, 0) is 13.6 Å². The zero-order valence-electron chi connectivity index (χ0n) is 11.7. The maximum Gasteiger partial charge on any atom is 0.120 e. The van der Waals surface area contributed by atoms with Gasteiger partial charge in [-0.15, -0.1) is 0 Å². The summed E-state index contributed by atoms with van der Waals surface area (Å²) < 4.78 is 1.84. The zero-order chi connectivity index (χ0) is 14.5. The van der Waals surface area contributed by atoms with Gasteiger partial charge >= 0.3 is 0 Å². The molecule has 20 heavy (non-hydrogen) atoms. The van der Waals surface area contributed by atoms with Gasteiger partial charge in [0.05, 0.1) is 0 Å². The van der Waals surface area contributed by atoms with Gasteiger partial charge in [-0.05, 0) is 35.7 Å². The molecule has 0 aliphatic heterocycles. The molecule has 0 bridgehead atoms. The van der Waals surface area contributed by atoms with Crippen LogP contribution in [0.1, 0.15) is 36.2 Å². The Morgan fingerprint density at radius 3 is 2.80 bits per heavy atom. The third-order valence-corrected chi connectivity index (χ3v) is 3.62. The molecule has 3 nitrogen and oxygen atoms in total. The minimum atomic E-state index is 0.263. The maximum absolute atomic E-state index is 8.96. The van der Waals surface area contributed by atoms with Crippen LogP contribution in [0.2, 0.25) is 5.02 Å². The number of nitrogens with zero attached hydrogens (tertiary/aromatic N) is 2. The van der Waals surface area contributed by atoms with Gasteiger partial charge in [0.2, 0.25) is 0 Å². The lowest BCUT2D eigenvalue weighted by Crippen LogP contribution is -2.20. The van der Waals surface area contributed by atoms with Crippen molar-refractivity contribution >= 4 is 11.6 Å². The first-order valence-electron chi connectivity index (χ1n) is 6.68. The summed E-state index contributed by atoms with van der Waals surface area (Å²) in [6, 6.07) is 12.3. The Bertz CT molecular complexity index is 625. The highest BCUT2D eigenvalue weighted by Crippen LogP contribution is 2.21. The quantitative estimate of drug-likeness (QED) is 0.909. The third kappa shape index (κ3) is 3.41. The molecule has 0 aliphatic carbocycles. The van der Waals surface area contributed by atoms with Gasteiger partial charge in [-0.25, -0.2) is 0 Å². The first-order valence-corrected chi connectivity index (χ1v) is 7.06. The standard InChI is InChI=1S/C16H18ClN3/c1-3-16(13-5-4-6-14(17)8-13)19-10-12-7-15(9-18)20(2)11-12/h4-8,11,16,19H,3,10H2,1-2H3. The number of nitrogens with one attached hydrogen (secondary N) is 1. The lowest BCUT2D eigenvalue weighted by molar-refractivity contribution is 0.519. The zero-order valence-corrected chi connectivity index (χ0v) is 12.5. The predicted octanol–water partition coefficient (Wildman–Crippen LogP) is 3.79. The number of rotatable bonds is 5. The molecule has 0 amide bonds. The van der Waals surface area contributed by atoms with Crippen molar-refractivity contribution in [3.8, 4) is 6.07 Å². The van der Waals surface area contributed by atoms with Crippen molar-refractivity contribution in [2.24, 2.45) is 7.05 Å². The lowest BCUT2D eigenvalue weighted by Gasteiger charge is -2.17. The molecule has 0 spiro atoms. The molecule has 1 unspecified atom stereocenters. The molecule has 0 aliphatic rings. The average molecular weight is 288 g/mol. The molecule has 1 aromatic heterocycles. The second kappa shape index (κ2) is 6.60. The normalized spacial score (nSPS) is 12.1. The van der Waals surface area contributed by atoms with Crippen molar-refractivity contribution in [3.05, 3.63) is 58.4 Å². The van der Waals surface area contributed by atoms with Crippen LogP contribution in [0, 0.1) is 11.3 Å². The lowest BCUT2D eigenvalue weighted by atomic mass is 10.0. The number of halogens is 1. The summed E-state index contributed by atoms with van der Waals surface area (Å²) in [7, 11) is 1.89. The summed E-state index contributed by atoms with van der Waals surface area (Å²) in [4.78, 5) is 0. The summed E-state index contributed by atoms with van der Waals surface area (Å²) in [5.41, 5.74) is 2.98. The van der Waals surface area contributed by atoms with Crippen molar-refractivity contribution in [2.45, 2.75) is 25.9 Å². The summed E-state index contributed by atoms with van der Waals surface area (Å²) in [6.07, 6.45) is 2.97. The number of aromatic nitrogens is 1. The van der Waals surface area contributed by atoms with E-state index in [2.05, 4.69) is 24.4 Å². The van der Waals surface area contributed by atoms with Gasteiger partial charge in [0, 0.05) is 30.9 Å². The number of nitriles is 1. The molecule has 0 fully saturated rings. The highest BCUT2D eigenvalue weighted by atomic mass is 35.5. The van der Waals surface area contributed by atoms with Gasteiger partial charge in [0.1, 0.15) is 11.8 Å². The Morgan fingerprint density at radius 1 is 1.40 bits per heavy atom. The van der Waals surface area contributed by atoms with Gasteiger partial charge in [0.15, 0.2) is 0 Å². The van der Waals surface area contributed by atoms with E-state index in [0.717, 1.165) is 23.6 Å². The first-order chi connectivity index (χ1) is 9.63. The summed E-state index contributed by atoms with van der Waals surface area (Å²) in [5.74, 6) is 0. The van der Waals surface area contributed by atoms with E-state index in [0.29, 0.717) is 5.69 Å². The number of benzene rings is 1. The largest absolute Gasteiger partial charge is 0.342 e. The second-order valence-corrected chi connectivity index (χ2v) is 5.29. The van der Waals surface area contributed by atoms with Gasteiger partial charge in [-0.1, -0.05) is 30.7 Å². The van der Waals surface area contributed by atoms with Gasteiger partial charge < -0.3 is 9.88 Å². The smallest absolute Gasteiger partial charge is 0.120 e. The molecule has 0 saturated heterocycles. The number of hydrogen-bond donors (Lipinski definition) is 1. The molecule has 0 saturated carbocycles. The molecule has 1 aromatic carbocycles. The monoisotopic (exact) mass is 287 g/mol. The first kappa shape index (κ1) is 14.6. The van der Waals surface area contributed by atoms with E-state index in [9.17, 15) is 0 Å². The van der Waals surface area contributed by atoms with E-state index in [1.807, 2.05) is 42.1 Å². The van der Waals surface area contributed by atoms with Crippen LogP contribution in [0.3, 0.4) is 0 Å². The molecule has 1 N–H and O–H groups in total. The fourth-order valence-electron chi connectivity index (χ4n) is 2.30. The van der Waals surface area contributed by atoms with Crippen LogP contribution < -0.4 is 5.32 Å². The van der Waals surface area contributed by atoms with Gasteiger partial charge in [-0.3, -0.25) is 0 Å². The van der Waals surface area contributed by atoms with Crippen LogP contribution >= 0.6 is 11.6 Å². The van der Waals surface area contributed by atoms with Crippen molar-refractivity contribution < 1.29 is 0 Å². The van der Waals surface area contributed by atoms with Crippen LogP contribution in [0.15, 0.2) is 36.5 Å². The van der Waals surface area contributed by atoms with Crippen molar-refractivity contribution in [3.63, 3.8) is 0 Å². The molecule has 1 heterocycles. The maximum atomic E-state index is 8.96. The SMILES string of the molecule is CCC(NCc1cc(C#N)n(C)c1)c1cccc(Cl)c1. The molecule has 104 valence electrons. The van der Waals surface area contributed by atoms with Crippen LogP contribution in [0.25, 0.3) is 0 Å². The van der Waals surface area contributed by atoms with Crippen molar-refractivity contribution in [1.29, 1.82) is 5.26 Å². The molecule has 2 rings (SSSR count). The fraction of sp³-hybridized carbons (Fsp3) is 0.312. The average Bonchev–Trinajstić information content (AvgIpc) is 2.80. The molecule has 4 heteroatoms. The molecule has 2 aromatic rings. The van der Waals surface area contributed by atoms with E-state index in [-0.39, 0.29) is 6.04 Å². The second-order valence-electron chi connectivity index (χ2n) is 4.85. The molecular weight excluding hydrogens is 270 g/mol. The Kier molecular flexibility index (Phi) is 4.84. The third-order valence-electron chi connectivity index (χ3n) is 3.39. The van der Waals surface area contributed by atoms with E-state index >= 15 is 0 Å². The molecule has 1 atom stereocenters.